The Bertz CT molecular complexity index is 1330. The fraction of sp³-hybridized carbons (Fsp3) is 0.424. The second kappa shape index (κ2) is 14.6. The summed E-state index contributed by atoms with van der Waals surface area (Å²) < 4.78 is 0.771. The van der Waals surface area contributed by atoms with E-state index in [1.54, 1.807) is 0 Å². The number of aromatic nitrogens is 1. The molecule has 7 heteroatoms. The Balaban J connectivity index is 2.21. The minimum absolute atomic E-state index is 0.368. The Morgan fingerprint density at radius 3 is 1.40 bits per heavy atom. The van der Waals surface area contributed by atoms with Gasteiger partial charge in [-0.15, -0.1) is 0 Å². The van der Waals surface area contributed by atoms with Crippen molar-refractivity contribution in [3.63, 3.8) is 0 Å². The van der Waals surface area contributed by atoms with Crippen molar-refractivity contribution in [2.75, 3.05) is 0 Å². The maximum atomic E-state index is 5.39. The van der Waals surface area contributed by atoms with Crippen molar-refractivity contribution in [2.24, 2.45) is 9.98 Å². The van der Waals surface area contributed by atoms with Crippen LogP contribution in [0.15, 0.2) is 64.6 Å². The number of hydrogen-bond donors (Lipinski definition) is 0. The molecule has 0 amide bonds. The first-order valence-corrected chi connectivity index (χ1v) is 31.3. The van der Waals surface area contributed by atoms with Crippen LogP contribution < -0.4 is 0 Å². The molecule has 0 aliphatic rings. The number of benzene rings is 2. The van der Waals surface area contributed by atoms with Crippen LogP contribution in [-0.2, 0) is 0 Å². The number of aliphatic imine (C=N–C) groups is 2. The van der Waals surface area contributed by atoms with Crippen LogP contribution >= 0.6 is 38.3 Å². The number of halogens is 3. The van der Waals surface area contributed by atoms with Crippen molar-refractivity contribution < 1.29 is 0 Å². The van der Waals surface area contributed by atoms with E-state index in [-0.39, 0.29) is 0 Å². The summed E-state index contributed by atoms with van der Waals surface area (Å²) in [7, 11) is 0. The van der Waals surface area contributed by atoms with Gasteiger partial charge in [-0.3, -0.25) is 0 Å². The van der Waals surface area contributed by atoms with Crippen LogP contribution in [0.25, 0.3) is 0 Å². The zero-order valence-corrected chi connectivity index (χ0v) is 32.2. The Morgan fingerprint density at radius 1 is 0.625 bits per heavy atom. The Labute approximate surface area is 264 Å². The van der Waals surface area contributed by atoms with E-state index in [4.69, 9.17) is 15.0 Å². The second-order valence-corrected chi connectivity index (χ2v) is 54.9. The van der Waals surface area contributed by atoms with E-state index in [9.17, 15) is 0 Å². The summed E-state index contributed by atoms with van der Waals surface area (Å²) in [4.78, 5) is 15.7. The molecule has 3 nitrogen and oxygen atoms in total. The van der Waals surface area contributed by atoms with Gasteiger partial charge in [0.05, 0.1) is 0 Å². The molecule has 0 bridgehead atoms. The Kier molecular flexibility index (Phi) is 12.3. The van der Waals surface area contributed by atoms with E-state index in [2.05, 4.69) is 155 Å². The molecule has 1 heterocycles. The predicted molar refractivity (Wildman–Crippen MR) is 189 cm³/mol. The molecule has 0 aliphatic heterocycles. The summed E-state index contributed by atoms with van der Waals surface area (Å²) in [5.74, 6) is 1.51. The van der Waals surface area contributed by atoms with Gasteiger partial charge in [0.25, 0.3) is 0 Å². The molecule has 0 atom stereocenters. The molecule has 0 fully saturated rings. The summed E-state index contributed by atoms with van der Waals surface area (Å²) in [5.41, 5.74) is 10.9. The van der Waals surface area contributed by atoms with Gasteiger partial charge >= 0.3 is 266 Å². The van der Waals surface area contributed by atoms with Crippen molar-refractivity contribution >= 4 is 72.6 Å². The summed E-state index contributed by atoms with van der Waals surface area (Å²) in [5, 5.41) is 0. The second-order valence-electron chi connectivity index (χ2n) is 11.5. The topological polar surface area (TPSA) is 37.6 Å². The monoisotopic (exact) mass is 847 g/mol. The van der Waals surface area contributed by atoms with E-state index in [0.29, 0.717) is 23.7 Å². The first-order chi connectivity index (χ1) is 18.7. The molecule has 0 radical (unpaired) electrons. The molecule has 3 rings (SSSR count). The maximum absolute atomic E-state index is 5.39. The zero-order valence-electron chi connectivity index (χ0n) is 25.1. The number of pyridine rings is 1. The summed E-state index contributed by atoms with van der Waals surface area (Å²) in [6.07, 6.45) is 0. The van der Waals surface area contributed by atoms with E-state index in [1.165, 1.54) is 22.3 Å². The SMILES string of the molecule is CC(=Nc1c(C(C)C)cccc1C(C)C)c1cccc(C(C[Te](Br)(Br)Br)=Nc2c(C(C)C)cccc2C(C)C)n1. The summed E-state index contributed by atoms with van der Waals surface area (Å²) >= 11 is 9.10. The minimum atomic E-state index is -2.63. The standard InChI is InChI=1S/C33H42Br3N3Te/c1-20(2)25-13-10-14-26(21(3)4)32(25)37-24(9)29-17-12-18-30(38-29)31(19-40(34,35)36)39-33-27(22(5)6)15-11-16-28(33)23(7)8/h10-18,20-23H,19H2,1-9H3. The van der Waals surface area contributed by atoms with E-state index in [0.717, 1.165) is 38.7 Å². The van der Waals surface area contributed by atoms with E-state index < -0.39 is 11.6 Å². The van der Waals surface area contributed by atoms with Crippen LogP contribution in [0.3, 0.4) is 0 Å². The van der Waals surface area contributed by atoms with Crippen LogP contribution in [0.1, 0.15) is 120 Å². The van der Waals surface area contributed by atoms with Gasteiger partial charge in [0, 0.05) is 0 Å². The number of para-hydroxylation sites is 2. The first kappa shape index (κ1) is 33.7. The average Bonchev–Trinajstić information content (AvgIpc) is 2.87. The van der Waals surface area contributed by atoms with E-state index in [1.807, 2.05) is 0 Å². The van der Waals surface area contributed by atoms with E-state index >= 15 is 0 Å². The number of nitrogens with zero attached hydrogens (tertiary/aromatic N) is 3. The Hall–Kier alpha value is -0.840. The molecule has 0 unspecified atom stereocenters. The molecule has 0 aliphatic carbocycles. The fourth-order valence-corrected chi connectivity index (χ4v) is 10.6. The normalized spacial score (nSPS) is 13.7. The quantitative estimate of drug-likeness (QED) is 0.148. The zero-order chi connectivity index (χ0) is 29.8. The summed E-state index contributed by atoms with van der Waals surface area (Å²) in [6, 6.07) is 19.3. The van der Waals surface area contributed by atoms with Crippen molar-refractivity contribution in [2.45, 2.75) is 90.5 Å². The molecule has 0 saturated carbocycles. The van der Waals surface area contributed by atoms with Gasteiger partial charge in [-0.25, -0.2) is 0 Å². The van der Waals surface area contributed by atoms with Crippen LogP contribution in [-0.4, -0.2) is 28.0 Å². The molecule has 0 spiro atoms. The summed E-state index contributed by atoms with van der Waals surface area (Å²) in [6.45, 7) is 19.9. The first-order valence-electron chi connectivity index (χ1n) is 14.0. The molecule has 0 saturated heterocycles. The molecule has 2 aromatic carbocycles. The average molecular weight is 848 g/mol. The third-order valence-corrected chi connectivity index (χ3v) is 13.2. The molecule has 1 aromatic heterocycles. The van der Waals surface area contributed by atoms with Gasteiger partial charge in [-0.05, 0) is 0 Å². The molecule has 216 valence electrons. The van der Waals surface area contributed by atoms with Gasteiger partial charge in [0.1, 0.15) is 0 Å². The molecule has 40 heavy (non-hydrogen) atoms. The van der Waals surface area contributed by atoms with Crippen molar-refractivity contribution in [3.8, 4) is 0 Å². The van der Waals surface area contributed by atoms with Gasteiger partial charge < -0.3 is 0 Å². The fourth-order valence-electron chi connectivity index (χ4n) is 4.76. The van der Waals surface area contributed by atoms with Crippen molar-refractivity contribution in [3.05, 3.63) is 88.2 Å². The molecular formula is C33H42Br3N3Te. The number of rotatable bonds is 10. The van der Waals surface area contributed by atoms with Crippen LogP contribution in [0, 0.1) is 0 Å². The van der Waals surface area contributed by atoms with Crippen LogP contribution in [0.5, 0.6) is 0 Å². The van der Waals surface area contributed by atoms with Crippen LogP contribution in [0.2, 0.25) is 4.47 Å². The third-order valence-electron chi connectivity index (χ3n) is 6.93. The van der Waals surface area contributed by atoms with Crippen molar-refractivity contribution in [1.29, 1.82) is 0 Å². The van der Waals surface area contributed by atoms with Gasteiger partial charge in [-0.2, -0.15) is 0 Å². The van der Waals surface area contributed by atoms with Crippen LogP contribution in [0.4, 0.5) is 11.4 Å². The number of hydrogen-bond acceptors (Lipinski definition) is 3. The molecular weight excluding hydrogens is 806 g/mol. The van der Waals surface area contributed by atoms with Gasteiger partial charge in [-0.1, -0.05) is 0 Å². The molecule has 3 aromatic rings. The Morgan fingerprint density at radius 2 is 1.00 bits per heavy atom. The third kappa shape index (κ3) is 8.83. The van der Waals surface area contributed by atoms with Gasteiger partial charge in [0.15, 0.2) is 0 Å². The molecule has 0 N–H and O–H groups in total. The van der Waals surface area contributed by atoms with Crippen molar-refractivity contribution in [1.82, 2.24) is 4.98 Å². The van der Waals surface area contributed by atoms with Gasteiger partial charge in [0.2, 0.25) is 0 Å². The predicted octanol–water partition coefficient (Wildman–Crippen LogP) is 12.0.